The van der Waals surface area contributed by atoms with Crippen molar-refractivity contribution in [3.63, 3.8) is 0 Å². The summed E-state index contributed by atoms with van der Waals surface area (Å²) in [5.74, 6) is 1.01. The van der Waals surface area contributed by atoms with Crippen molar-refractivity contribution in [1.82, 2.24) is 19.9 Å². The maximum Gasteiger partial charge on any atom is 0.223 e. The van der Waals surface area contributed by atoms with E-state index < -0.39 is 0 Å². The van der Waals surface area contributed by atoms with Gasteiger partial charge in [-0.1, -0.05) is 34.6 Å². The molecular formula is C27H35FN6. The van der Waals surface area contributed by atoms with Crippen LogP contribution in [0, 0.1) is 11.2 Å². The molecule has 3 aromatic rings. The molecule has 0 amide bonds. The summed E-state index contributed by atoms with van der Waals surface area (Å²) in [5.41, 5.74) is 3.62. The molecule has 0 radical (unpaired) electrons. The number of halogens is 1. The van der Waals surface area contributed by atoms with Crippen LogP contribution in [0.4, 0.5) is 16.2 Å². The van der Waals surface area contributed by atoms with Gasteiger partial charge in [-0.15, -0.1) is 0 Å². The molecule has 0 saturated carbocycles. The smallest absolute Gasteiger partial charge is 0.223 e. The molecule has 34 heavy (non-hydrogen) atoms. The number of anilines is 2. The maximum absolute atomic E-state index is 13.6. The summed E-state index contributed by atoms with van der Waals surface area (Å²) >= 11 is 0. The van der Waals surface area contributed by atoms with Gasteiger partial charge in [-0.3, -0.25) is 4.90 Å². The van der Waals surface area contributed by atoms with Crippen molar-refractivity contribution in [3.05, 3.63) is 77.5 Å². The number of nitrogens with one attached hydrogen (secondary N) is 2. The highest BCUT2D eigenvalue weighted by molar-refractivity contribution is 5.87. The van der Waals surface area contributed by atoms with Crippen molar-refractivity contribution in [2.45, 2.75) is 41.2 Å². The topological polar surface area (TPSA) is 66.0 Å². The zero-order chi connectivity index (χ0) is 24.6. The molecule has 0 aliphatic carbocycles. The normalized spacial score (nSPS) is 12.1. The van der Waals surface area contributed by atoms with Gasteiger partial charge in [0.15, 0.2) is 0 Å². The van der Waals surface area contributed by atoms with Gasteiger partial charge in [0.1, 0.15) is 11.6 Å². The van der Waals surface area contributed by atoms with Crippen LogP contribution in [-0.4, -0.2) is 39.5 Å². The fourth-order valence-corrected chi connectivity index (χ4v) is 3.34. The van der Waals surface area contributed by atoms with Gasteiger partial charge in [0.05, 0.1) is 5.69 Å². The zero-order valence-corrected chi connectivity index (χ0v) is 20.8. The van der Waals surface area contributed by atoms with E-state index in [2.05, 4.69) is 65.1 Å². The van der Waals surface area contributed by atoms with E-state index in [0.717, 1.165) is 49.0 Å². The second-order valence-corrected chi connectivity index (χ2v) is 9.42. The van der Waals surface area contributed by atoms with E-state index in [1.165, 1.54) is 17.7 Å². The van der Waals surface area contributed by atoms with E-state index in [9.17, 15) is 4.39 Å². The molecule has 0 aliphatic heterocycles. The summed E-state index contributed by atoms with van der Waals surface area (Å²) in [5, 5.41) is 6.71. The SMILES string of the molecule is CCN(CC)Cc1ccnc(N/C(=C/c2ccnc(NCC(C)(C)C)n2)c2ccc(F)cc2)c1. The largest absolute Gasteiger partial charge is 0.354 e. The third-order valence-corrected chi connectivity index (χ3v) is 5.29. The second-order valence-electron chi connectivity index (χ2n) is 9.42. The Morgan fingerprint density at radius 2 is 1.71 bits per heavy atom. The number of hydrogen-bond donors (Lipinski definition) is 2. The Morgan fingerprint density at radius 3 is 2.38 bits per heavy atom. The van der Waals surface area contributed by atoms with Crippen molar-refractivity contribution in [2.24, 2.45) is 5.41 Å². The highest BCUT2D eigenvalue weighted by Crippen LogP contribution is 2.22. The van der Waals surface area contributed by atoms with E-state index in [1.54, 1.807) is 18.3 Å². The van der Waals surface area contributed by atoms with Crippen LogP contribution in [0.25, 0.3) is 11.8 Å². The third-order valence-electron chi connectivity index (χ3n) is 5.29. The Bertz CT molecular complexity index is 1080. The third kappa shape index (κ3) is 7.92. The quantitative estimate of drug-likeness (QED) is 0.390. The predicted octanol–water partition coefficient (Wildman–Crippen LogP) is 5.92. The molecule has 180 valence electrons. The molecular weight excluding hydrogens is 427 g/mol. The van der Waals surface area contributed by atoms with Gasteiger partial charge in [0.25, 0.3) is 0 Å². The highest BCUT2D eigenvalue weighted by atomic mass is 19.1. The lowest BCUT2D eigenvalue weighted by molar-refractivity contribution is 0.296. The van der Waals surface area contributed by atoms with Gasteiger partial charge in [0, 0.05) is 31.2 Å². The van der Waals surface area contributed by atoms with E-state index in [0.29, 0.717) is 5.95 Å². The van der Waals surface area contributed by atoms with E-state index >= 15 is 0 Å². The van der Waals surface area contributed by atoms with Gasteiger partial charge in [-0.05, 0) is 78.2 Å². The molecule has 2 N–H and O–H groups in total. The van der Waals surface area contributed by atoms with Crippen LogP contribution in [0.3, 0.4) is 0 Å². The lowest BCUT2D eigenvalue weighted by Gasteiger charge is -2.19. The predicted molar refractivity (Wildman–Crippen MR) is 139 cm³/mol. The first-order valence-corrected chi connectivity index (χ1v) is 11.7. The fraction of sp³-hybridized carbons (Fsp3) is 0.370. The summed E-state index contributed by atoms with van der Waals surface area (Å²) in [6, 6.07) is 12.3. The molecule has 2 aromatic heterocycles. The van der Waals surface area contributed by atoms with Crippen LogP contribution < -0.4 is 10.6 Å². The van der Waals surface area contributed by atoms with Crippen LogP contribution in [0.2, 0.25) is 0 Å². The van der Waals surface area contributed by atoms with Crippen molar-refractivity contribution in [1.29, 1.82) is 0 Å². The summed E-state index contributed by atoms with van der Waals surface area (Å²) in [7, 11) is 0. The number of hydrogen-bond acceptors (Lipinski definition) is 6. The molecule has 0 saturated heterocycles. The first-order valence-electron chi connectivity index (χ1n) is 11.7. The summed E-state index contributed by atoms with van der Waals surface area (Å²) in [6.07, 6.45) is 5.47. The minimum Gasteiger partial charge on any atom is -0.354 e. The minimum atomic E-state index is -0.279. The van der Waals surface area contributed by atoms with Crippen LogP contribution in [-0.2, 0) is 6.54 Å². The molecule has 0 fully saturated rings. The van der Waals surface area contributed by atoms with Crippen LogP contribution in [0.1, 0.15) is 51.4 Å². The van der Waals surface area contributed by atoms with Crippen molar-refractivity contribution >= 4 is 23.5 Å². The molecule has 3 rings (SSSR count). The van der Waals surface area contributed by atoms with Crippen LogP contribution in [0.5, 0.6) is 0 Å². The first kappa shape index (κ1) is 25.3. The molecule has 0 unspecified atom stereocenters. The van der Waals surface area contributed by atoms with E-state index in [1.807, 2.05) is 30.5 Å². The standard InChI is InChI=1S/C27H35FN6/c1-6-34(7-2)18-20-12-14-29-25(16-20)33-24(21-8-10-22(28)11-9-21)17-23-13-15-30-26(32-23)31-19-27(3,4)5/h8-17H,6-7,18-19H2,1-5H3,(H,29,33)(H,30,31,32)/b24-17+. The Hall–Kier alpha value is -3.32. The van der Waals surface area contributed by atoms with E-state index in [-0.39, 0.29) is 11.2 Å². The van der Waals surface area contributed by atoms with Crippen molar-refractivity contribution in [3.8, 4) is 0 Å². The summed E-state index contributed by atoms with van der Waals surface area (Å²) < 4.78 is 13.6. The summed E-state index contributed by atoms with van der Waals surface area (Å²) in [6.45, 7) is 14.4. The van der Waals surface area contributed by atoms with Gasteiger partial charge in [-0.25, -0.2) is 19.3 Å². The average Bonchev–Trinajstić information content (AvgIpc) is 2.81. The Morgan fingerprint density at radius 1 is 1.00 bits per heavy atom. The number of nitrogens with zero attached hydrogens (tertiary/aromatic N) is 4. The number of benzene rings is 1. The van der Waals surface area contributed by atoms with Gasteiger partial charge < -0.3 is 10.6 Å². The zero-order valence-electron chi connectivity index (χ0n) is 20.8. The van der Waals surface area contributed by atoms with Crippen LogP contribution in [0.15, 0.2) is 54.9 Å². The Balaban J connectivity index is 1.90. The van der Waals surface area contributed by atoms with E-state index in [4.69, 9.17) is 0 Å². The number of aromatic nitrogens is 3. The number of rotatable bonds is 10. The lowest BCUT2D eigenvalue weighted by atomic mass is 9.97. The van der Waals surface area contributed by atoms with Crippen molar-refractivity contribution < 1.29 is 4.39 Å². The lowest BCUT2D eigenvalue weighted by Crippen LogP contribution is -2.22. The molecule has 6 nitrogen and oxygen atoms in total. The molecule has 0 aliphatic rings. The van der Waals surface area contributed by atoms with Crippen molar-refractivity contribution in [2.75, 3.05) is 30.3 Å². The monoisotopic (exact) mass is 462 g/mol. The average molecular weight is 463 g/mol. The summed E-state index contributed by atoms with van der Waals surface area (Å²) in [4.78, 5) is 15.8. The Kier molecular flexibility index (Phi) is 8.71. The van der Waals surface area contributed by atoms with Gasteiger partial charge in [-0.2, -0.15) is 0 Å². The second kappa shape index (κ2) is 11.7. The van der Waals surface area contributed by atoms with Crippen LogP contribution >= 0.6 is 0 Å². The number of pyridine rings is 1. The first-order chi connectivity index (χ1) is 16.3. The van der Waals surface area contributed by atoms with Gasteiger partial charge in [0.2, 0.25) is 5.95 Å². The van der Waals surface area contributed by atoms with Gasteiger partial charge >= 0.3 is 0 Å². The molecule has 2 heterocycles. The minimum absolute atomic E-state index is 0.109. The molecule has 0 atom stereocenters. The Labute approximate surface area is 202 Å². The molecule has 0 bridgehead atoms. The fourth-order valence-electron chi connectivity index (χ4n) is 3.34. The highest BCUT2D eigenvalue weighted by Gasteiger charge is 2.11. The molecule has 0 spiro atoms. The molecule has 7 heteroatoms. The maximum atomic E-state index is 13.6. The molecule has 1 aromatic carbocycles.